The average Bonchev–Trinajstić information content (AvgIpc) is 2.30. The first-order chi connectivity index (χ1) is 7.34. The fourth-order valence-electron chi connectivity index (χ4n) is 2.26. The van der Waals surface area contributed by atoms with E-state index in [1.165, 1.54) is 32.1 Å². The summed E-state index contributed by atoms with van der Waals surface area (Å²) in [6, 6.07) is 0. The summed E-state index contributed by atoms with van der Waals surface area (Å²) in [5.41, 5.74) is 1.54. The molecule has 0 unspecified atom stereocenters. The van der Waals surface area contributed by atoms with E-state index in [1.807, 2.05) is 0 Å². The van der Waals surface area contributed by atoms with Crippen molar-refractivity contribution < 1.29 is 9.47 Å². The molecule has 2 atom stereocenters. The zero-order valence-corrected chi connectivity index (χ0v) is 9.71. The van der Waals surface area contributed by atoms with E-state index in [2.05, 4.69) is 13.0 Å². The molecule has 2 rings (SSSR count). The molecule has 86 valence electrons. The van der Waals surface area contributed by atoms with E-state index in [4.69, 9.17) is 9.47 Å². The molecule has 0 bridgehead atoms. The van der Waals surface area contributed by atoms with Gasteiger partial charge in [0.2, 0.25) is 0 Å². The van der Waals surface area contributed by atoms with Crippen LogP contribution < -0.4 is 0 Å². The second-order valence-corrected chi connectivity index (χ2v) is 4.82. The van der Waals surface area contributed by atoms with E-state index in [-0.39, 0.29) is 6.29 Å². The van der Waals surface area contributed by atoms with Gasteiger partial charge >= 0.3 is 0 Å². The van der Waals surface area contributed by atoms with Crippen molar-refractivity contribution >= 4 is 0 Å². The number of rotatable bonds is 3. The van der Waals surface area contributed by atoms with Crippen molar-refractivity contribution in [3.05, 3.63) is 11.6 Å². The highest BCUT2D eigenvalue weighted by atomic mass is 16.7. The molecule has 1 aliphatic carbocycles. The standard InChI is InChI=1S/C13H22O2/c1-11-5-7-12(8-6-11)10-15-13-4-2-3-9-14-13/h5,12-13H,2-4,6-10H2,1H3/t12-,13-/m1/s1. The molecule has 2 aliphatic rings. The number of hydrogen-bond donors (Lipinski definition) is 0. The molecule has 0 aromatic rings. The van der Waals surface area contributed by atoms with E-state index < -0.39 is 0 Å². The van der Waals surface area contributed by atoms with Crippen molar-refractivity contribution in [2.24, 2.45) is 5.92 Å². The third kappa shape index (κ3) is 3.62. The zero-order chi connectivity index (χ0) is 10.5. The van der Waals surface area contributed by atoms with Crippen LogP contribution in [0.1, 0.15) is 45.4 Å². The molecule has 0 spiro atoms. The SMILES string of the molecule is CC1=CC[C@@H](CO[C@@H]2CCCCO2)CC1. The highest BCUT2D eigenvalue weighted by molar-refractivity contribution is 5.02. The first-order valence-corrected chi connectivity index (χ1v) is 6.23. The number of ether oxygens (including phenoxy) is 2. The summed E-state index contributed by atoms with van der Waals surface area (Å²) >= 11 is 0. The summed E-state index contributed by atoms with van der Waals surface area (Å²) in [5.74, 6) is 0.722. The minimum atomic E-state index is 0.0887. The summed E-state index contributed by atoms with van der Waals surface area (Å²) in [7, 11) is 0. The Labute approximate surface area is 92.6 Å². The normalized spacial score (nSPS) is 32.5. The number of hydrogen-bond acceptors (Lipinski definition) is 2. The zero-order valence-electron chi connectivity index (χ0n) is 9.71. The molecule has 0 N–H and O–H groups in total. The van der Waals surface area contributed by atoms with Gasteiger partial charge in [-0.1, -0.05) is 11.6 Å². The van der Waals surface area contributed by atoms with Crippen LogP contribution in [-0.2, 0) is 9.47 Å². The van der Waals surface area contributed by atoms with Crippen molar-refractivity contribution in [3.63, 3.8) is 0 Å². The lowest BCUT2D eigenvalue weighted by Gasteiger charge is -2.26. The van der Waals surface area contributed by atoms with Gasteiger partial charge in [0.15, 0.2) is 6.29 Å². The quantitative estimate of drug-likeness (QED) is 0.666. The van der Waals surface area contributed by atoms with Crippen molar-refractivity contribution in [1.82, 2.24) is 0 Å². The topological polar surface area (TPSA) is 18.5 Å². The van der Waals surface area contributed by atoms with Gasteiger partial charge in [0.25, 0.3) is 0 Å². The monoisotopic (exact) mass is 210 g/mol. The lowest BCUT2D eigenvalue weighted by Crippen LogP contribution is -2.25. The Hall–Kier alpha value is -0.340. The smallest absolute Gasteiger partial charge is 0.157 e. The summed E-state index contributed by atoms with van der Waals surface area (Å²) in [4.78, 5) is 0. The highest BCUT2D eigenvalue weighted by Crippen LogP contribution is 2.24. The molecule has 1 aliphatic heterocycles. The van der Waals surface area contributed by atoms with Crippen LogP contribution in [0.25, 0.3) is 0 Å². The Bertz CT molecular complexity index is 217. The van der Waals surface area contributed by atoms with Gasteiger partial charge in [-0.3, -0.25) is 0 Å². The van der Waals surface area contributed by atoms with Crippen molar-refractivity contribution in [1.29, 1.82) is 0 Å². The Balaban J connectivity index is 1.65. The van der Waals surface area contributed by atoms with Crippen LogP contribution >= 0.6 is 0 Å². The van der Waals surface area contributed by atoms with E-state index in [0.717, 1.165) is 25.6 Å². The van der Waals surface area contributed by atoms with Gasteiger partial charge in [-0.05, 0) is 51.4 Å². The van der Waals surface area contributed by atoms with Gasteiger partial charge in [-0.25, -0.2) is 0 Å². The second kappa shape index (κ2) is 5.66. The first-order valence-electron chi connectivity index (χ1n) is 6.23. The molecular weight excluding hydrogens is 188 g/mol. The van der Waals surface area contributed by atoms with Crippen LogP contribution in [0.3, 0.4) is 0 Å². The highest BCUT2D eigenvalue weighted by Gasteiger charge is 2.18. The van der Waals surface area contributed by atoms with Gasteiger partial charge in [0, 0.05) is 6.61 Å². The molecule has 0 radical (unpaired) electrons. The summed E-state index contributed by atoms with van der Waals surface area (Å²) in [5, 5.41) is 0. The van der Waals surface area contributed by atoms with E-state index in [0.29, 0.717) is 0 Å². The molecule has 1 heterocycles. The van der Waals surface area contributed by atoms with Crippen LogP contribution in [0, 0.1) is 5.92 Å². The molecule has 0 amide bonds. The molecule has 2 heteroatoms. The molecular formula is C13H22O2. The predicted octanol–water partition coefficient (Wildman–Crippen LogP) is 3.28. The third-order valence-corrected chi connectivity index (χ3v) is 3.40. The van der Waals surface area contributed by atoms with Crippen LogP contribution in [-0.4, -0.2) is 19.5 Å². The van der Waals surface area contributed by atoms with Gasteiger partial charge < -0.3 is 9.47 Å². The van der Waals surface area contributed by atoms with Crippen LogP contribution in [0.5, 0.6) is 0 Å². The lowest BCUT2D eigenvalue weighted by atomic mass is 9.91. The lowest BCUT2D eigenvalue weighted by molar-refractivity contribution is -0.169. The molecule has 2 nitrogen and oxygen atoms in total. The van der Waals surface area contributed by atoms with Gasteiger partial charge in [0.05, 0.1) is 6.61 Å². The molecule has 15 heavy (non-hydrogen) atoms. The van der Waals surface area contributed by atoms with Gasteiger partial charge in [0.1, 0.15) is 0 Å². The molecule has 0 saturated carbocycles. The van der Waals surface area contributed by atoms with Crippen LogP contribution in [0.2, 0.25) is 0 Å². The molecule has 0 aromatic heterocycles. The minimum Gasteiger partial charge on any atom is -0.353 e. The first kappa shape index (κ1) is 11.2. The van der Waals surface area contributed by atoms with Crippen LogP contribution in [0.4, 0.5) is 0 Å². The maximum absolute atomic E-state index is 5.81. The molecule has 1 fully saturated rings. The minimum absolute atomic E-state index is 0.0887. The maximum atomic E-state index is 5.81. The number of allylic oxidation sites excluding steroid dienone is 2. The largest absolute Gasteiger partial charge is 0.353 e. The van der Waals surface area contributed by atoms with Crippen LogP contribution in [0.15, 0.2) is 11.6 Å². The van der Waals surface area contributed by atoms with Crippen molar-refractivity contribution in [3.8, 4) is 0 Å². The maximum Gasteiger partial charge on any atom is 0.157 e. The molecule has 0 aromatic carbocycles. The second-order valence-electron chi connectivity index (χ2n) is 4.82. The molecule has 1 saturated heterocycles. The summed E-state index contributed by atoms with van der Waals surface area (Å²) < 4.78 is 11.4. The fourth-order valence-corrected chi connectivity index (χ4v) is 2.26. The Morgan fingerprint density at radius 1 is 1.40 bits per heavy atom. The predicted molar refractivity (Wildman–Crippen MR) is 60.6 cm³/mol. The third-order valence-electron chi connectivity index (χ3n) is 3.40. The van der Waals surface area contributed by atoms with Gasteiger partial charge in [-0.2, -0.15) is 0 Å². The van der Waals surface area contributed by atoms with Crippen molar-refractivity contribution in [2.75, 3.05) is 13.2 Å². The average molecular weight is 210 g/mol. The summed E-state index contributed by atoms with van der Waals surface area (Å²) in [6.07, 6.45) is 9.72. The fraction of sp³-hybridized carbons (Fsp3) is 0.846. The Morgan fingerprint density at radius 2 is 2.33 bits per heavy atom. The Kier molecular flexibility index (Phi) is 4.21. The summed E-state index contributed by atoms with van der Waals surface area (Å²) in [6.45, 7) is 3.99. The van der Waals surface area contributed by atoms with Gasteiger partial charge in [-0.15, -0.1) is 0 Å². The van der Waals surface area contributed by atoms with E-state index >= 15 is 0 Å². The Morgan fingerprint density at radius 3 is 3.00 bits per heavy atom. The van der Waals surface area contributed by atoms with Crippen molar-refractivity contribution in [2.45, 2.75) is 51.7 Å². The van der Waals surface area contributed by atoms with E-state index in [9.17, 15) is 0 Å². The van der Waals surface area contributed by atoms with E-state index in [1.54, 1.807) is 5.57 Å².